The van der Waals surface area contributed by atoms with Gasteiger partial charge in [0.05, 0.1) is 0 Å². The molecule has 0 saturated heterocycles. The van der Waals surface area contributed by atoms with Crippen LogP contribution in [0.25, 0.3) is 0 Å². The average molecular weight is 298 g/mol. The van der Waals surface area contributed by atoms with Crippen LogP contribution in [0.15, 0.2) is 0 Å². The van der Waals surface area contributed by atoms with Gasteiger partial charge in [0.1, 0.15) is 12.4 Å². The predicted molar refractivity (Wildman–Crippen MR) is 83.1 cm³/mol. The van der Waals surface area contributed by atoms with Crippen molar-refractivity contribution >= 4 is 18.1 Å². The molecule has 20 heavy (non-hydrogen) atoms. The quantitative estimate of drug-likeness (QED) is 0.788. The van der Waals surface area contributed by atoms with Gasteiger partial charge in [-0.1, -0.05) is 20.8 Å². The Morgan fingerprint density at radius 1 is 1.45 bits per heavy atom. The zero-order valence-corrected chi connectivity index (χ0v) is 14.0. The molecule has 6 heteroatoms. The molecular weight excluding hydrogens is 272 g/mol. The Bertz CT molecular complexity index is 492. The minimum Gasteiger partial charge on any atom is -0.341 e. The Morgan fingerprint density at radius 3 is 2.65 bits per heavy atom. The zero-order chi connectivity index (χ0) is 15.3. The molecule has 0 fully saturated rings. The number of nitrogens with one attached hydrogen (secondary N) is 1. The van der Waals surface area contributed by atoms with Crippen LogP contribution in [0, 0.1) is 10.7 Å². The van der Waals surface area contributed by atoms with Crippen molar-refractivity contribution in [3.05, 3.63) is 10.6 Å². The largest absolute Gasteiger partial charge is 0.341 e. The Hall–Kier alpha value is -1.17. The smallest absolute Gasteiger partial charge is 0.242 e. The number of H-pyrrole nitrogens is 1. The maximum atomic E-state index is 12.4. The number of carbonyl (C=O) groups is 1. The van der Waals surface area contributed by atoms with Crippen LogP contribution in [0.5, 0.6) is 0 Å². The minimum atomic E-state index is 0.0769. The van der Waals surface area contributed by atoms with Gasteiger partial charge in [-0.3, -0.25) is 14.5 Å². The van der Waals surface area contributed by atoms with Crippen molar-refractivity contribution in [2.75, 3.05) is 7.05 Å². The highest BCUT2D eigenvalue weighted by atomic mass is 32.1. The second-order valence-corrected chi connectivity index (χ2v) is 6.15. The van der Waals surface area contributed by atoms with E-state index < -0.39 is 0 Å². The number of likely N-dealkylation sites (N-methyl/N-ethyl adjacent to an activating group) is 1. The number of nitrogens with zero attached hydrogens (tertiary/aromatic N) is 3. The van der Waals surface area contributed by atoms with Crippen molar-refractivity contribution in [2.24, 2.45) is 5.92 Å². The maximum absolute atomic E-state index is 12.4. The molecule has 0 aromatic carbocycles. The third-order valence-corrected chi connectivity index (χ3v) is 3.78. The highest BCUT2D eigenvalue weighted by Gasteiger charge is 2.18. The molecule has 0 saturated carbocycles. The number of aromatic amines is 1. The number of hydrogen-bond acceptors (Lipinski definition) is 3. The Balaban J connectivity index is 2.75. The molecule has 114 valence electrons. The van der Waals surface area contributed by atoms with Gasteiger partial charge >= 0.3 is 0 Å². The molecule has 1 atom stereocenters. The van der Waals surface area contributed by atoms with Crippen molar-refractivity contribution in [2.45, 2.75) is 59.5 Å². The van der Waals surface area contributed by atoms with E-state index >= 15 is 0 Å². The molecule has 0 aliphatic heterocycles. The average Bonchev–Trinajstić information content (AvgIpc) is 2.70. The van der Waals surface area contributed by atoms with Crippen LogP contribution in [0.2, 0.25) is 0 Å². The fraction of sp³-hybridized carbons (Fsp3) is 0.786. The monoisotopic (exact) mass is 298 g/mol. The summed E-state index contributed by atoms with van der Waals surface area (Å²) in [6, 6.07) is 0.234. The van der Waals surface area contributed by atoms with E-state index in [2.05, 4.69) is 37.9 Å². The molecule has 1 aromatic rings. The van der Waals surface area contributed by atoms with Crippen LogP contribution in [-0.2, 0) is 17.8 Å². The van der Waals surface area contributed by atoms with Crippen molar-refractivity contribution in [1.82, 2.24) is 19.7 Å². The lowest BCUT2D eigenvalue weighted by atomic mass is 10.0. The number of amides is 1. The Kier molecular flexibility index (Phi) is 6.39. The first-order chi connectivity index (χ1) is 9.36. The number of carbonyl (C=O) groups excluding carboxylic acids is 1. The van der Waals surface area contributed by atoms with Gasteiger partial charge in [-0.25, -0.2) is 0 Å². The molecule has 1 heterocycles. The van der Waals surface area contributed by atoms with Crippen LogP contribution in [0.3, 0.4) is 0 Å². The summed E-state index contributed by atoms with van der Waals surface area (Å²) in [6.45, 7) is 8.77. The van der Waals surface area contributed by atoms with Crippen molar-refractivity contribution in [1.29, 1.82) is 0 Å². The summed E-state index contributed by atoms with van der Waals surface area (Å²) < 4.78 is 2.33. The van der Waals surface area contributed by atoms with E-state index in [1.165, 1.54) is 0 Å². The van der Waals surface area contributed by atoms with Crippen molar-refractivity contribution in [3.63, 3.8) is 0 Å². The van der Waals surface area contributed by atoms with E-state index in [0.717, 1.165) is 25.1 Å². The van der Waals surface area contributed by atoms with E-state index in [1.807, 2.05) is 11.9 Å². The molecule has 0 bridgehead atoms. The first-order valence-corrected chi connectivity index (χ1v) is 7.67. The lowest BCUT2D eigenvalue weighted by Crippen LogP contribution is -2.38. The molecule has 0 radical (unpaired) electrons. The number of aromatic nitrogens is 3. The molecule has 0 aliphatic rings. The zero-order valence-electron chi connectivity index (χ0n) is 13.1. The molecule has 0 spiro atoms. The van der Waals surface area contributed by atoms with Crippen molar-refractivity contribution < 1.29 is 4.79 Å². The van der Waals surface area contributed by atoms with E-state index in [4.69, 9.17) is 12.2 Å². The lowest BCUT2D eigenvalue weighted by molar-refractivity contribution is -0.132. The number of rotatable bonds is 7. The third-order valence-electron chi connectivity index (χ3n) is 3.47. The molecule has 0 aliphatic carbocycles. The maximum Gasteiger partial charge on any atom is 0.242 e. The van der Waals surface area contributed by atoms with Crippen LogP contribution in [0.4, 0.5) is 0 Å². The second-order valence-electron chi connectivity index (χ2n) is 5.76. The summed E-state index contributed by atoms with van der Waals surface area (Å²) in [6.07, 6.45) is 2.81. The molecule has 5 nitrogen and oxygen atoms in total. The summed E-state index contributed by atoms with van der Waals surface area (Å²) >= 11 is 5.20. The standard InChI is InChI=1S/C14H26N4OS/c1-6-7-12-15-16-14(20)18(12)9-13(19)17(5)11(4)8-10(2)3/h10-11H,6-9H2,1-5H3,(H,16,20). The highest BCUT2D eigenvalue weighted by Crippen LogP contribution is 2.11. The molecule has 1 N–H and O–H groups in total. The van der Waals surface area contributed by atoms with E-state index in [-0.39, 0.29) is 18.5 Å². The van der Waals surface area contributed by atoms with Crippen LogP contribution in [-0.4, -0.2) is 38.7 Å². The van der Waals surface area contributed by atoms with Crippen LogP contribution >= 0.6 is 12.2 Å². The van der Waals surface area contributed by atoms with E-state index in [1.54, 1.807) is 4.57 Å². The van der Waals surface area contributed by atoms with Crippen LogP contribution < -0.4 is 0 Å². The van der Waals surface area contributed by atoms with Gasteiger partial charge in [0.25, 0.3) is 0 Å². The number of hydrogen-bond donors (Lipinski definition) is 1. The van der Waals surface area contributed by atoms with Gasteiger partial charge in [-0.15, -0.1) is 0 Å². The van der Waals surface area contributed by atoms with Gasteiger partial charge in [-0.05, 0) is 37.9 Å². The summed E-state index contributed by atoms with van der Waals surface area (Å²) in [5.41, 5.74) is 0. The van der Waals surface area contributed by atoms with Crippen molar-refractivity contribution in [3.8, 4) is 0 Å². The van der Waals surface area contributed by atoms with Gasteiger partial charge in [-0.2, -0.15) is 5.10 Å². The van der Waals surface area contributed by atoms with Gasteiger partial charge in [0, 0.05) is 19.5 Å². The highest BCUT2D eigenvalue weighted by molar-refractivity contribution is 7.71. The van der Waals surface area contributed by atoms with Gasteiger partial charge in [0.15, 0.2) is 4.77 Å². The molecule has 1 unspecified atom stereocenters. The molecule has 1 amide bonds. The van der Waals surface area contributed by atoms with Crippen LogP contribution in [0.1, 0.15) is 46.4 Å². The minimum absolute atomic E-state index is 0.0769. The molecule has 1 aromatic heterocycles. The summed E-state index contributed by atoms with van der Waals surface area (Å²) in [5, 5.41) is 6.96. The van der Waals surface area contributed by atoms with Gasteiger partial charge < -0.3 is 4.90 Å². The SMILES string of the molecule is CCCc1n[nH]c(=S)n1CC(=O)N(C)C(C)CC(C)C. The topological polar surface area (TPSA) is 53.9 Å². The normalized spacial score (nSPS) is 12.7. The summed E-state index contributed by atoms with van der Waals surface area (Å²) in [4.78, 5) is 14.2. The number of aryl methyl sites for hydroxylation is 1. The van der Waals surface area contributed by atoms with E-state index in [0.29, 0.717) is 10.7 Å². The summed E-state index contributed by atoms with van der Waals surface area (Å²) in [5.74, 6) is 1.51. The first kappa shape index (κ1) is 16.9. The first-order valence-electron chi connectivity index (χ1n) is 7.26. The van der Waals surface area contributed by atoms with E-state index in [9.17, 15) is 4.79 Å². The fourth-order valence-electron chi connectivity index (χ4n) is 2.26. The predicted octanol–water partition coefficient (Wildman–Crippen LogP) is 2.79. The molecular formula is C14H26N4OS. The van der Waals surface area contributed by atoms with Gasteiger partial charge in [0.2, 0.25) is 5.91 Å². The third kappa shape index (κ3) is 4.44. The summed E-state index contributed by atoms with van der Waals surface area (Å²) in [7, 11) is 1.86. The Labute approximate surface area is 126 Å². The second kappa shape index (κ2) is 7.57. The Morgan fingerprint density at radius 2 is 2.10 bits per heavy atom. The fourth-order valence-corrected chi connectivity index (χ4v) is 2.48. The lowest BCUT2D eigenvalue weighted by Gasteiger charge is -2.26. The molecule has 1 rings (SSSR count).